The number of rotatable bonds is 44. The summed E-state index contributed by atoms with van der Waals surface area (Å²) >= 11 is 0. The average Bonchev–Trinajstić information content (AvgIpc) is 3.16. The number of allylic oxidation sites excluding steroid dienone is 4. The average molecular weight is 828 g/mol. The van der Waals surface area contributed by atoms with Gasteiger partial charge in [0.15, 0.2) is 0 Å². The number of phosphoric ester groups is 1. The normalized spacial score (nSPS) is 14.4. The fourth-order valence-electron chi connectivity index (χ4n) is 7.08. The molecule has 0 aliphatic carbocycles. The van der Waals surface area contributed by atoms with Gasteiger partial charge in [-0.25, -0.2) is 4.57 Å². The van der Waals surface area contributed by atoms with E-state index in [0.29, 0.717) is 23.9 Å². The minimum atomic E-state index is -4.31. The Balaban J connectivity index is 4.24. The van der Waals surface area contributed by atoms with Gasteiger partial charge in [-0.05, 0) is 44.9 Å². The van der Waals surface area contributed by atoms with E-state index >= 15 is 0 Å². The number of carbonyl (C=O) groups excluding carboxylic acids is 1. The van der Waals surface area contributed by atoms with Crippen molar-refractivity contribution < 1.29 is 32.9 Å². The number of nitrogens with zero attached hydrogens (tertiary/aromatic N) is 1. The summed E-state index contributed by atoms with van der Waals surface area (Å²) in [5.74, 6) is -0.152. The Hall–Kier alpha value is -1.02. The molecule has 0 spiro atoms. The summed E-state index contributed by atoms with van der Waals surface area (Å²) in [6, 6.07) is -0.762. The second kappa shape index (κ2) is 40.4. The lowest BCUT2D eigenvalue weighted by molar-refractivity contribution is -0.870. The second-order valence-corrected chi connectivity index (χ2v) is 19.3. The van der Waals surface area contributed by atoms with Crippen LogP contribution in [0.5, 0.6) is 0 Å². The first-order valence-electron chi connectivity index (χ1n) is 24.2. The van der Waals surface area contributed by atoms with Crippen molar-refractivity contribution in [3.8, 4) is 0 Å². The van der Waals surface area contributed by atoms with E-state index in [1.165, 1.54) is 148 Å². The maximum atomic E-state index is 12.9. The molecule has 338 valence electrons. The number of nitrogens with one attached hydrogen (secondary N) is 1. The van der Waals surface area contributed by atoms with Crippen LogP contribution in [-0.2, 0) is 18.4 Å². The fraction of sp³-hybridized carbons (Fsp3) is 0.896. The van der Waals surface area contributed by atoms with E-state index in [0.717, 1.165) is 51.4 Å². The van der Waals surface area contributed by atoms with Crippen LogP contribution in [0.15, 0.2) is 24.3 Å². The number of quaternary nitrogens is 1. The predicted molar refractivity (Wildman–Crippen MR) is 245 cm³/mol. The lowest BCUT2D eigenvalue weighted by Crippen LogP contribution is -2.46. The van der Waals surface area contributed by atoms with Crippen molar-refractivity contribution in [3.05, 3.63) is 24.3 Å². The first-order chi connectivity index (χ1) is 27.5. The smallest absolute Gasteiger partial charge is 0.391 e. The number of hydrogen-bond acceptors (Lipinski definition) is 5. The molecular formula is C48H96N2O6P+. The van der Waals surface area contributed by atoms with Gasteiger partial charge in [-0.2, -0.15) is 0 Å². The van der Waals surface area contributed by atoms with Gasteiger partial charge in [-0.15, -0.1) is 0 Å². The molecule has 0 aromatic carbocycles. The lowest BCUT2D eigenvalue weighted by atomic mass is 10.0. The van der Waals surface area contributed by atoms with Crippen molar-refractivity contribution in [1.29, 1.82) is 0 Å². The van der Waals surface area contributed by atoms with Crippen LogP contribution in [0.1, 0.15) is 226 Å². The van der Waals surface area contributed by atoms with Crippen molar-refractivity contribution in [3.63, 3.8) is 0 Å². The van der Waals surface area contributed by atoms with Crippen molar-refractivity contribution >= 4 is 13.7 Å². The predicted octanol–water partition coefficient (Wildman–Crippen LogP) is 13.7. The largest absolute Gasteiger partial charge is 0.472 e. The number of amides is 1. The van der Waals surface area contributed by atoms with Crippen molar-refractivity contribution in [2.45, 2.75) is 238 Å². The van der Waals surface area contributed by atoms with E-state index in [-0.39, 0.29) is 19.1 Å². The Labute approximate surface area is 354 Å². The molecular weight excluding hydrogens is 732 g/mol. The van der Waals surface area contributed by atoms with Crippen LogP contribution in [0.4, 0.5) is 0 Å². The summed E-state index contributed by atoms with van der Waals surface area (Å²) in [7, 11) is 1.61. The van der Waals surface area contributed by atoms with E-state index in [2.05, 4.69) is 43.5 Å². The molecule has 0 saturated carbocycles. The first kappa shape index (κ1) is 56.0. The standard InChI is InChI=1S/C48H95N2O6P/c1-6-8-10-12-14-16-18-20-21-22-23-24-25-26-27-28-29-30-32-34-36-38-40-42-48(52)49-46(45-56-57(53,54)55-44-43-50(3,4)5)47(51)41-39-37-35-33-31-19-17-15-13-11-9-7-2/h23-24,26-27,46-47,51H,6-22,25,28-45H2,1-5H3,(H-,49,52,53,54)/p+1/b24-23-,27-26-. The first-order valence-corrected chi connectivity index (χ1v) is 25.7. The molecule has 0 saturated heterocycles. The van der Waals surface area contributed by atoms with Crippen molar-refractivity contribution in [2.75, 3.05) is 40.9 Å². The van der Waals surface area contributed by atoms with Gasteiger partial charge in [0.25, 0.3) is 0 Å². The number of unbranched alkanes of at least 4 members (excludes halogenated alkanes) is 27. The molecule has 3 atom stereocenters. The van der Waals surface area contributed by atoms with Gasteiger partial charge in [-0.3, -0.25) is 13.8 Å². The molecule has 0 aliphatic rings. The van der Waals surface area contributed by atoms with E-state index in [9.17, 15) is 19.4 Å². The molecule has 0 aromatic rings. The molecule has 1 amide bonds. The van der Waals surface area contributed by atoms with Crippen molar-refractivity contribution in [2.24, 2.45) is 0 Å². The van der Waals surface area contributed by atoms with Crippen LogP contribution in [-0.4, -0.2) is 73.4 Å². The molecule has 0 radical (unpaired) electrons. The number of phosphoric acid groups is 1. The Morgan fingerprint density at radius 2 is 1.00 bits per heavy atom. The highest BCUT2D eigenvalue weighted by Gasteiger charge is 2.28. The Morgan fingerprint density at radius 1 is 0.596 bits per heavy atom. The molecule has 9 heteroatoms. The third-order valence-corrected chi connectivity index (χ3v) is 11.9. The van der Waals surface area contributed by atoms with Gasteiger partial charge < -0.3 is 19.8 Å². The fourth-order valence-corrected chi connectivity index (χ4v) is 7.81. The van der Waals surface area contributed by atoms with Gasteiger partial charge >= 0.3 is 7.82 Å². The van der Waals surface area contributed by atoms with Crippen LogP contribution in [0.25, 0.3) is 0 Å². The molecule has 0 fully saturated rings. The number of likely N-dealkylation sites (N-methyl/N-ethyl adjacent to an activating group) is 1. The highest BCUT2D eigenvalue weighted by molar-refractivity contribution is 7.47. The molecule has 0 rings (SSSR count). The maximum Gasteiger partial charge on any atom is 0.472 e. The molecule has 0 aromatic heterocycles. The van der Waals surface area contributed by atoms with E-state index in [1.807, 2.05) is 21.1 Å². The maximum absolute atomic E-state index is 12.9. The van der Waals surface area contributed by atoms with Crippen LogP contribution in [0.2, 0.25) is 0 Å². The van der Waals surface area contributed by atoms with Gasteiger partial charge in [0, 0.05) is 6.42 Å². The SMILES string of the molecule is CCCCCCCCCCC/C=C\C/C=C\CCCCCCCCCC(=O)NC(COP(=O)(O)OCC[N+](C)(C)C)C(O)CCCCCCCCCCCCCC. The van der Waals surface area contributed by atoms with Crippen LogP contribution in [0.3, 0.4) is 0 Å². The third-order valence-electron chi connectivity index (χ3n) is 11.0. The minimum Gasteiger partial charge on any atom is -0.391 e. The topological polar surface area (TPSA) is 105 Å². The van der Waals surface area contributed by atoms with Gasteiger partial charge in [0.1, 0.15) is 13.2 Å². The molecule has 0 heterocycles. The van der Waals surface area contributed by atoms with Gasteiger partial charge in [0.05, 0.1) is 39.9 Å². The zero-order valence-corrected chi connectivity index (χ0v) is 39.2. The number of aliphatic hydroxyl groups is 1. The zero-order valence-electron chi connectivity index (χ0n) is 38.3. The van der Waals surface area contributed by atoms with E-state index in [4.69, 9.17) is 9.05 Å². The third kappa shape index (κ3) is 42.9. The van der Waals surface area contributed by atoms with Crippen LogP contribution < -0.4 is 5.32 Å². The molecule has 0 bridgehead atoms. The molecule has 8 nitrogen and oxygen atoms in total. The molecule has 57 heavy (non-hydrogen) atoms. The lowest BCUT2D eigenvalue weighted by Gasteiger charge is -2.26. The van der Waals surface area contributed by atoms with E-state index in [1.54, 1.807) is 0 Å². The quantitative estimate of drug-likeness (QED) is 0.0244. The Morgan fingerprint density at radius 3 is 1.44 bits per heavy atom. The summed E-state index contributed by atoms with van der Waals surface area (Å²) in [6.07, 6.45) is 47.8. The van der Waals surface area contributed by atoms with Crippen LogP contribution in [0, 0.1) is 0 Å². The highest BCUT2D eigenvalue weighted by Crippen LogP contribution is 2.43. The summed E-state index contributed by atoms with van der Waals surface area (Å²) in [6.45, 7) is 4.88. The summed E-state index contributed by atoms with van der Waals surface area (Å²) in [5, 5.41) is 14.0. The number of hydrogen-bond donors (Lipinski definition) is 3. The van der Waals surface area contributed by atoms with Crippen LogP contribution >= 0.6 is 7.82 Å². The number of carbonyl (C=O) groups is 1. The monoisotopic (exact) mass is 828 g/mol. The van der Waals surface area contributed by atoms with Gasteiger partial charge in [-0.1, -0.05) is 199 Å². The molecule has 0 aliphatic heterocycles. The van der Waals surface area contributed by atoms with Crippen molar-refractivity contribution in [1.82, 2.24) is 5.32 Å². The molecule has 3 unspecified atom stereocenters. The minimum absolute atomic E-state index is 0.0735. The van der Waals surface area contributed by atoms with E-state index < -0.39 is 20.0 Å². The second-order valence-electron chi connectivity index (χ2n) is 17.8. The Bertz CT molecular complexity index is 984. The Kier molecular flexibility index (Phi) is 39.7. The zero-order chi connectivity index (χ0) is 42.1. The number of aliphatic hydroxyl groups excluding tert-OH is 1. The summed E-state index contributed by atoms with van der Waals surface area (Å²) < 4.78 is 23.6. The van der Waals surface area contributed by atoms with Gasteiger partial charge in [0.2, 0.25) is 5.91 Å². The highest BCUT2D eigenvalue weighted by atomic mass is 31.2. The molecule has 3 N–H and O–H groups in total. The summed E-state index contributed by atoms with van der Waals surface area (Å²) in [4.78, 5) is 23.2. The summed E-state index contributed by atoms with van der Waals surface area (Å²) in [5.41, 5.74) is 0.